The lowest BCUT2D eigenvalue weighted by Crippen LogP contribution is -2.37. The Labute approximate surface area is 165 Å². The normalized spacial score (nSPS) is 15.7. The van der Waals surface area contributed by atoms with Crippen LogP contribution in [0.2, 0.25) is 0 Å². The van der Waals surface area contributed by atoms with Crippen molar-refractivity contribution >= 4 is 39.0 Å². The van der Waals surface area contributed by atoms with Gasteiger partial charge in [0.05, 0.1) is 18.6 Å². The molecule has 0 radical (unpaired) electrons. The van der Waals surface area contributed by atoms with E-state index < -0.39 is 0 Å². The summed E-state index contributed by atoms with van der Waals surface area (Å²) in [7, 11) is 0. The smallest absolute Gasteiger partial charge is 0.196 e. The Morgan fingerprint density at radius 3 is 2.81 bits per heavy atom. The lowest BCUT2D eigenvalue weighted by molar-refractivity contribution is 0.0410. The van der Waals surface area contributed by atoms with Crippen molar-refractivity contribution in [3.63, 3.8) is 0 Å². The van der Waals surface area contributed by atoms with Crippen molar-refractivity contribution in [2.45, 2.75) is 5.16 Å². The highest BCUT2D eigenvalue weighted by Crippen LogP contribution is 2.35. The van der Waals surface area contributed by atoms with Crippen LogP contribution in [-0.2, 0) is 4.74 Å². The maximum Gasteiger partial charge on any atom is 0.196 e. The van der Waals surface area contributed by atoms with E-state index >= 15 is 0 Å². The Bertz CT molecular complexity index is 1060. The predicted octanol–water partition coefficient (Wildman–Crippen LogP) is 3.43. The van der Waals surface area contributed by atoms with Crippen molar-refractivity contribution in [2.24, 2.45) is 0 Å². The molecule has 0 amide bonds. The number of thiophene rings is 1. The second-order valence-corrected chi connectivity index (χ2v) is 8.34. The summed E-state index contributed by atoms with van der Waals surface area (Å²) in [6.45, 7) is 4.73. The Morgan fingerprint density at radius 2 is 1.96 bits per heavy atom. The van der Waals surface area contributed by atoms with Gasteiger partial charge in [-0.25, -0.2) is 4.98 Å². The molecule has 5 rings (SSSR count). The van der Waals surface area contributed by atoms with Crippen molar-refractivity contribution in [3.8, 4) is 11.1 Å². The molecular weight excluding hydrogens is 378 g/mol. The van der Waals surface area contributed by atoms with E-state index in [-0.39, 0.29) is 0 Å². The molecule has 1 aliphatic rings. The quantitative estimate of drug-likeness (QED) is 0.481. The molecule has 0 unspecified atom stereocenters. The number of benzene rings is 1. The van der Waals surface area contributed by atoms with Gasteiger partial charge in [-0.15, -0.1) is 21.5 Å². The molecule has 0 atom stereocenters. The average molecular weight is 398 g/mol. The van der Waals surface area contributed by atoms with Crippen LogP contribution in [-0.4, -0.2) is 63.1 Å². The maximum atomic E-state index is 5.41. The number of aromatic nitrogens is 4. The van der Waals surface area contributed by atoms with Gasteiger partial charge in [-0.2, -0.15) is 0 Å². The zero-order valence-corrected chi connectivity index (χ0v) is 16.4. The topological polar surface area (TPSA) is 55.5 Å². The lowest BCUT2D eigenvalue weighted by atomic mass is 10.1. The monoisotopic (exact) mass is 397 g/mol. The van der Waals surface area contributed by atoms with Gasteiger partial charge in [0.25, 0.3) is 0 Å². The highest BCUT2D eigenvalue weighted by Gasteiger charge is 2.16. The Morgan fingerprint density at radius 1 is 1.11 bits per heavy atom. The van der Waals surface area contributed by atoms with Crippen LogP contribution in [0, 0.1) is 0 Å². The van der Waals surface area contributed by atoms with Crippen LogP contribution in [0.5, 0.6) is 0 Å². The van der Waals surface area contributed by atoms with Crippen molar-refractivity contribution < 1.29 is 4.74 Å². The minimum absolute atomic E-state index is 0.834. The fourth-order valence-electron chi connectivity index (χ4n) is 3.34. The summed E-state index contributed by atoms with van der Waals surface area (Å²) in [4.78, 5) is 8.08. The standard InChI is InChI=1S/C19H19N5OS2/c1-2-4-14(5-3-1)15-12-27-18-16(15)17-21-22-19(24(17)13-20-18)26-11-8-23-6-9-25-10-7-23/h1-5,12-13H,6-11H2. The molecule has 1 saturated heterocycles. The molecule has 0 saturated carbocycles. The molecule has 27 heavy (non-hydrogen) atoms. The van der Waals surface area contributed by atoms with E-state index in [1.54, 1.807) is 23.1 Å². The molecule has 1 fully saturated rings. The van der Waals surface area contributed by atoms with Crippen molar-refractivity contribution in [1.29, 1.82) is 0 Å². The number of hydrogen-bond acceptors (Lipinski definition) is 7. The number of morpholine rings is 1. The zero-order chi connectivity index (χ0) is 18.1. The zero-order valence-electron chi connectivity index (χ0n) is 14.7. The molecule has 3 aromatic heterocycles. The predicted molar refractivity (Wildman–Crippen MR) is 110 cm³/mol. The van der Waals surface area contributed by atoms with Crippen molar-refractivity contribution in [3.05, 3.63) is 42.0 Å². The van der Waals surface area contributed by atoms with Gasteiger partial charge in [0.15, 0.2) is 10.8 Å². The summed E-state index contributed by atoms with van der Waals surface area (Å²) < 4.78 is 7.43. The van der Waals surface area contributed by atoms with Gasteiger partial charge in [0, 0.05) is 36.3 Å². The minimum atomic E-state index is 0.834. The fourth-order valence-corrected chi connectivity index (χ4v) is 5.15. The van der Waals surface area contributed by atoms with E-state index in [0.29, 0.717) is 0 Å². The second-order valence-electron chi connectivity index (χ2n) is 6.42. The molecule has 4 aromatic rings. The molecule has 6 nitrogen and oxygen atoms in total. The van der Waals surface area contributed by atoms with Gasteiger partial charge < -0.3 is 4.74 Å². The summed E-state index contributed by atoms with van der Waals surface area (Å²) >= 11 is 3.39. The molecule has 0 bridgehead atoms. The van der Waals surface area contributed by atoms with E-state index in [4.69, 9.17) is 4.74 Å². The van der Waals surface area contributed by atoms with Crippen LogP contribution >= 0.6 is 23.1 Å². The Balaban J connectivity index is 1.44. The first kappa shape index (κ1) is 17.1. The van der Waals surface area contributed by atoms with E-state index in [1.165, 1.54) is 11.1 Å². The van der Waals surface area contributed by atoms with Crippen molar-refractivity contribution in [1.82, 2.24) is 24.5 Å². The van der Waals surface area contributed by atoms with Crippen LogP contribution in [0.15, 0.2) is 47.2 Å². The molecule has 1 aromatic carbocycles. The Hall–Kier alpha value is -2.00. The number of ether oxygens (including phenoxy) is 1. The molecule has 0 N–H and O–H groups in total. The van der Waals surface area contributed by atoms with Gasteiger partial charge in [0.1, 0.15) is 11.2 Å². The third-order valence-corrected chi connectivity index (χ3v) is 6.59. The summed E-state index contributed by atoms with van der Waals surface area (Å²) in [6.07, 6.45) is 1.85. The van der Waals surface area contributed by atoms with E-state index in [9.17, 15) is 0 Å². The maximum absolute atomic E-state index is 5.41. The SMILES string of the molecule is c1ccc(-c2csc3ncn4c(SCCN5CCOCC5)nnc4c23)cc1. The summed E-state index contributed by atoms with van der Waals surface area (Å²) in [5.41, 5.74) is 3.24. The molecule has 8 heteroatoms. The van der Waals surface area contributed by atoms with Crippen LogP contribution in [0.25, 0.3) is 27.0 Å². The molecule has 4 heterocycles. The summed E-state index contributed by atoms with van der Waals surface area (Å²) in [6, 6.07) is 10.4. The number of hydrogen-bond donors (Lipinski definition) is 0. The summed E-state index contributed by atoms with van der Waals surface area (Å²) in [5.74, 6) is 0.980. The van der Waals surface area contributed by atoms with Crippen LogP contribution in [0.3, 0.4) is 0 Å². The van der Waals surface area contributed by atoms with Gasteiger partial charge in [-0.05, 0) is 5.56 Å². The lowest BCUT2D eigenvalue weighted by Gasteiger charge is -2.26. The summed E-state index contributed by atoms with van der Waals surface area (Å²) in [5, 5.41) is 13.1. The molecule has 138 valence electrons. The number of rotatable bonds is 5. The highest BCUT2D eigenvalue weighted by atomic mass is 32.2. The van der Waals surface area contributed by atoms with E-state index in [0.717, 1.165) is 59.6 Å². The highest BCUT2D eigenvalue weighted by molar-refractivity contribution is 7.99. The number of fused-ring (bicyclic) bond motifs is 3. The average Bonchev–Trinajstić information content (AvgIpc) is 3.33. The first-order valence-electron chi connectivity index (χ1n) is 8.99. The molecular formula is C19H19N5OS2. The van der Waals surface area contributed by atoms with E-state index in [1.807, 2.05) is 16.8 Å². The third-order valence-electron chi connectivity index (χ3n) is 4.78. The van der Waals surface area contributed by atoms with Gasteiger partial charge in [0.2, 0.25) is 0 Å². The molecule has 0 aliphatic carbocycles. The van der Waals surface area contributed by atoms with Crippen molar-refractivity contribution in [2.75, 3.05) is 38.6 Å². The Kier molecular flexibility index (Phi) is 4.79. The van der Waals surface area contributed by atoms with E-state index in [2.05, 4.69) is 49.7 Å². The van der Waals surface area contributed by atoms with Crippen LogP contribution in [0.4, 0.5) is 0 Å². The van der Waals surface area contributed by atoms with Crippen LogP contribution in [0.1, 0.15) is 0 Å². The largest absolute Gasteiger partial charge is 0.379 e. The number of thioether (sulfide) groups is 1. The van der Waals surface area contributed by atoms with Gasteiger partial charge in [-0.3, -0.25) is 9.30 Å². The minimum Gasteiger partial charge on any atom is -0.379 e. The van der Waals surface area contributed by atoms with Gasteiger partial charge >= 0.3 is 0 Å². The second kappa shape index (κ2) is 7.55. The first-order chi connectivity index (χ1) is 13.4. The third kappa shape index (κ3) is 3.34. The van der Waals surface area contributed by atoms with Gasteiger partial charge in [-0.1, -0.05) is 42.1 Å². The number of nitrogens with zero attached hydrogens (tertiary/aromatic N) is 5. The molecule has 1 aliphatic heterocycles. The molecule has 0 spiro atoms. The fraction of sp³-hybridized carbons (Fsp3) is 0.316. The first-order valence-corrected chi connectivity index (χ1v) is 10.9. The van der Waals surface area contributed by atoms with Crippen LogP contribution < -0.4 is 0 Å².